The van der Waals surface area contributed by atoms with E-state index < -0.39 is 0 Å². The molecule has 0 aliphatic carbocycles. The van der Waals surface area contributed by atoms with Gasteiger partial charge in [-0.25, -0.2) is 0 Å². The van der Waals surface area contributed by atoms with Crippen molar-refractivity contribution in [2.75, 3.05) is 19.6 Å². The van der Waals surface area contributed by atoms with Crippen LogP contribution in [-0.2, 0) is 0 Å². The second-order valence-electron chi connectivity index (χ2n) is 4.00. The smallest absolute Gasteiger partial charge is 0.257 e. The minimum Gasteiger partial charge on any atom is -0.469 e. The number of carbonyl (C=O) groups excluding carboxylic acids is 1. The Labute approximate surface area is 89.2 Å². The van der Waals surface area contributed by atoms with E-state index in [0.717, 1.165) is 25.4 Å². The fraction of sp³-hybridized carbons (Fsp3) is 0.545. The van der Waals surface area contributed by atoms with Crippen LogP contribution < -0.4 is 5.32 Å². The van der Waals surface area contributed by atoms with Crippen molar-refractivity contribution in [3.05, 3.63) is 23.7 Å². The quantitative estimate of drug-likeness (QED) is 0.749. The Morgan fingerprint density at radius 1 is 1.67 bits per heavy atom. The average molecular weight is 208 g/mol. The van der Waals surface area contributed by atoms with Crippen LogP contribution in [0.5, 0.6) is 0 Å². The Hall–Kier alpha value is -1.29. The number of amides is 1. The SMILES string of the molecule is Cc1cc(C(=O)N2CCNCC2C)co1. The molecule has 0 spiro atoms. The van der Waals surface area contributed by atoms with Crippen LogP contribution in [0.15, 0.2) is 16.7 Å². The van der Waals surface area contributed by atoms with Gasteiger partial charge in [0.05, 0.1) is 5.56 Å². The lowest BCUT2D eigenvalue weighted by Gasteiger charge is -2.33. The highest BCUT2D eigenvalue weighted by Crippen LogP contribution is 2.12. The molecule has 1 saturated heterocycles. The maximum absolute atomic E-state index is 12.1. The van der Waals surface area contributed by atoms with Gasteiger partial charge in [0.25, 0.3) is 5.91 Å². The van der Waals surface area contributed by atoms with Gasteiger partial charge in [-0.3, -0.25) is 4.79 Å². The topological polar surface area (TPSA) is 45.5 Å². The fourth-order valence-electron chi connectivity index (χ4n) is 1.86. The van der Waals surface area contributed by atoms with Crippen LogP contribution in [-0.4, -0.2) is 36.5 Å². The van der Waals surface area contributed by atoms with E-state index in [1.165, 1.54) is 6.26 Å². The van der Waals surface area contributed by atoms with Crippen molar-refractivity contribution in [2.24, 2.45) is 0 Å². The standard InChI is InChI=1S/C11H16N2O2/c1-8-6-12-3-4-13(8)11(14)10-5-9(2)15-7-10/h5,7-8,12H,3-4,6H2,1-2H3. The van der Waals surface area contributed by atoms with Crippen LogP contribution in [0.3, 0.4) is 0 Å². The molecule has 1 aromatic heterocycles. The highest BCUT2D eigenvalue weighted by molar-refractivity contribution is 5.94. The molecule has 0 bridgehead atoms. The summed E-state index contributed by atoms with van der Waals surface area (Å²) in [5, 5.41) is 3.26. The summed E-state index contributed by atoms with van der Waals surface area (Å²) in [5.74, 6) is 0.849. The monoisotopic (exact) mass is 208 g/mol. The van der Waals surface area contributed by atoms with Gasteiger partial charge in [0, 0.05) is 25.7 Å². The molecule has 2 rings (SSSR count). The van der Waals surface area contributed by atoms with Gasteiger partial charge >= 0.3 is 0 Å². The number of aryl methyl sites for hydroxylation is 1. The van der Waals surface area contributed by atoms with Gasteiger partial charge in [0.2, 0.25) is 0 Å². The van der Waals surface area contributed by atoms with E-state index >= 15 is 0 Å². The zero-order valence-electron chi connectivity index (χ0n) is 9.12. The number of piperazine rings is 1. The van der Waals surface area contributed by atoms with Gasteiger partial charge in [-0.15, -0.1) is 0 Å². The summed E-state index contributed by atoms with van der Waals surface area (Å²) in [6.07, 6.45) is 1.53. The van der Waals surface area contributed by atoms with Crippen molar-refractivity contribution in [1.82, 2.24) is 10.2 Å². The van der Waals surface area contributed by atoms with Gasteiger partial charge in [-0.1, -0.05) is 0 Å². The molecule has 1 aliphatic rings. The van der Waals surface area contributed by atoms with Gasteiger partial charge in [-0.05, 0) is 19.9 Å². The summed E-state index contributed by atoms with van der Waals surface area (Å²) >= 11 is 0. The second kappa shape index (κ2) is 4.06. The first-order valence-corrected chi connectivity index (χ1v) is 5.25. The molecule has 0 aromatic carbocycles. The van der Waals surface area contributed by atoms with Crippen LogP contribution in [0.2, 0.25) is 0 Å². The number of furan rings is 1. The van der Waals surface area contributed by atoms with E-state index in [9.17, 15) is 4.79 Å². The predicted octanol–water partition coefficient (Wildman–Crippen LogP) is 1.02. The van der Waals surface area contributed by atoms with E-state index in [2.05, 4.69) is 12.2 Å². The van der Waals surface area contributed by atoms with E-state index in [-0.39, 0.29) is 11.9 Å². The molecule has 1 N–H and O–H groups in total. The lowest BCUT2D eigenvalue weighted by molar-refractivity contribution is 0.0655. The molecule has 1 aliphatic heterocycles. The summed E-state index contributed by atoms with van der Waals surface area (Å²) in [6, 6.07) is 2.04. The van der Waals surface area contributed by atoms with Crippen molar-refractivity contribution in [2.45, 2.75) is 19.9 Å². The second-order valence-corrected chi connectivity index (χ2v) is 4.00. The van der Waals surface area contributed by atoms with Crippen LogP contribution in [0, 0.1) is 6.92 Å². The number of hydrogen-bond acceptors (Lipinski definition) is 3. The van der Waals surface area contributed by atoms with E-state index in [1.807, 2.05) is 11.8 Å². The van der Waals surface area contributed by atoms with Crippen molar-refractivity contribution in [1.29, 1.82) is 0 Å². The molecule has 82 valence electrons. The zero-order valence-corrected chi connectivity index (χ0v) is 9.12. The Morgan fingerprint density at radius 2 is 2.47 bits per heavy atom. The number of rotatable bonds is 1. The van der Waals surface area contributed by atoms with Gasteiger partial charge in [0.15, 0.2) is 0 Å². The summed E-state index contributed by atoms with van der Waals surface area (Å²) in [6.45, 7) is 6.40. The van der Waals surface area contributed by atoms with Crippen molar-refractivity contribution >= 4 is 5.91 Å². The minimum atomic E-state index is 0.0702. The third-order valence-electron chi connectivity index (χ3n) is 2.74. The summed E-state index contributed by atoms with van der Waals surface area (Å²) in [4.78, 5) is 14.0. The highest BCUT2D eigenvalue weighted by Gasteiger charge is 2.24. The lowest BCUT2D eigenvalue weighted by Crippen LogP contribution is -2.52. The first-order chi connectivity index (χ1) is 7.18. The van der Waals surface area contributed by atoms with Gasteiger partial charge in [0.1, 0.15) is 12.0 Å². The maximum Gasteiger partial charge on any atom is 0.257 e. The van der Waals surface area contributed by atoms with Crippen LogP contribution in [0.4, 0.5) is 0 Å². The van der Waals surface area contributed by atoms with Crippen molar-refractivity contribution in [3.63, 3.8) is 0 Å². The maximum atomic E-state index is 12.1. The van der Waals surface area contributed by atoms with Gasteiger partial charge in [-0.2, -0.15) is 0 Å². The van der Waals surface area contributed by atoms with Crippen molar-refractivity contribution < 1.29 is 9.21 Å². The molecule has 0 radical (unpaired) electrons. The average Bonchev–Trinajstić information content (AvgIpc) is 2.65. The third kappa shape index (κ3) is 2.04. The molecule has 2 heterocycles. The predicted molar refractivity (Wildman–Crippen MR) is 56.8 cm³/mol. The van der Waals surface area contributed by atoms with Crippen LogP contribution in [0.25, 0.3) is 0 Å². The molecule has 15 heavy (non-hydrogen) atoms. The molecule has 4 heteroatoms. The van der Waals surface area contributed by atoms with Crippen LogP contribution >= 0.6 is 0 Å². The summed E-state index contributed by atoms with van der Waals surface area (Å²) in [7, 11) is 0. The summed E-state index contributed by atoms with van der Waals surface area (Å²) in [5.41, 5.74) is 0.654. The van der Waals surface area contributed by atoms with E-state index in [4.69, 9.17) is 4.42 Å². The lowest BCUT2D eigenvalue weighted by atomic mass is 10.2. The first kappa shape index (κ1) is 10.2. The minimum absolute atomic E-state index is 0.0702. The Morgan fingerprint density at radius 3 is 3.07 bits per heavy atom. The molecule has 1 amide bonds. The van der Waals surface area contributed by atoms with Crippen molar-refractivity contribution in [3.8, 4) is 0 Å². The molecule has 0 saturated carbocycles. The Balaban J connectivity index is 2.13. The molecule has 4 nitrogen and oxygen atoms in total. The highest BCUT2D eigenvalue weighted by atomic mass is 16.3. The third-order valence-corrected chi connectivity index (χ3v) is 2.74. The first-order valence-electron chi connectivity index (χ1n) is 5.25. The molecule has 1 fully saturated rings. The number of nitrogens with one attached hydrogen (secondary N) is 1. The summed E-state index contributed by atoms with van der Waals surface area (Å²) < 4.78 is 5.15. The molecular formula is C11H16N2O2. The molecule has 1 aromatic rings. The number of carbonyl (C=O) groups is 1. The molecule has 1 unspecified atom stereocenters. The van der Waals surface area contributed by atoms with Crippen LogP contribution in [0.1, 0.15) is 23.0 Å². The normalized spacial score (nSPS) is 21.7. The zero-order chi connectivity index (χ0) is 10.8. The Bertz CT molecular complexity index is 359. The Kier molecular flexibility index (Phi) is 2.77. The fourth-order valence-corrected chi connectivity index (χ4v) is 1.86. The van der Waals surface area contributed by atoms with E-state index in [1.54, 1.807) is 6.07 Å². The molecule has 1 atom stereocenters. The number of nitrogens with zero attached hydrogens (tertiary/aromatic N) is 1. The van der Waals surface area contributed by atoms with E-state index in [0.29, 0.717) is 5.56 Å². The number of hydrogen-bond donors (Lipinski definition) is 1. The largest absolute Gasteiger partial charge is 0.469 e. The van der Waals surface area contributed by atoms with Gasteiger partial charge < -0.3 is 14.6 Å². The molecular weight excluding hydrogens is 192 g/mol.